The number of aliphatic hydroxyl groups excluding tert-OH is 1. The number of aldehydes is 1. The molecule has 0 aromatic carbocycles. The van der Waals surface area contributed by atoms with Gasteiger partial charge in [-0.2, -0.15) is 0 Å². The number of rotatable bonds is 5. The highest BCUT2D eigenvalue weighted by Gasteiger charge is 2.12. The normalized spacial score (nSPS) is 15.5. The van der Waals surface area contributed by atoms with E-state index in [-0.39, 0.29) is 12.8 Å². The Kier molecular flexibility index (Phi) is 4.40. The monoisotopic (exact) mass is 161 g/mol. The second-order valence-electron chi connectivity index (χ2n) is 2.23. The van der Waals surface area contributed by atoms with Gasteiger partial charge in [0.05, 0.1) is 0 Å². The molecule has 0 aromatic heterocycles. The van der Waals surface area contributed by atoms with E-state index in [0.29, 0.717) is 6.29 Å². The number of carbonyl (C=O) groups excluding carboxylic acids is 1. The van der Waals surface area contributed by atoms with Crippen LogP contribution in [0.2, 0.25) is 0 Å². The number of hydrogen-bond donors (Lipinski definition) is 3. The van der Waals surface area contributed by atoms with Gasteiger partial charge in [0, 0.05) is 0 Å². The third kappa shape index (κ3) is 4.46. The number of carbonyl (C=O) groups is 2. The molecule has 4 N–H and O–H groups in total. The van der Waals surface area contributed by atoms with E-state index in [2.05, 4.69) is 0 Å². The van der Waals surface area contributed by atoms with Gasteiger partial charge in [0.2, 0.25) is 0 Å². The molecule has 64 valence electrons. The van der Waals surface area contributed by atoms with Gasteiger partial charge in [-0.1, -0.05) is 0 Å². The predicted molar refractivity (Wildman–Crippen MR) is 36.9 cm³/mol. The zero-order valence-corrected chi connectivity index (χ0v) is 5.93. The molecule has 0 fully saturated rings. The summed E-state index contributed by atoms with van der Waals surface area (Å²) in [6.07, 6.45) is -0.541. The van der Waals surface area contributed by atoms with Gasteiger partial charge < -0.3 is 20.7 Å². The van der Waals surface area contributed by atoms with E-state index in [1.165, 1.54) is 0 Å². The van der Waals surface area contributed by atoms with Crippen LogP contribution in [0.4, 0.5) is 0 Å². The summed E-state index contributed by atoms with van der Waals surface area (Å²) in [6, 6.07) is -0.996. The van der Waals surface area contributed by atoms with Crippen molar-refractivity contribution in [2.75, 3.05) is 0 Å². The first-order valence-corrected chi connectivity index (χ1v) is 3.19. The van der Waals surface area contributed by atoms with Crippen LogP contribution in [-0.2, 0) is 9.59 Å². The van der Waals surface area contributed by atoms with Crippen molar-refractivity contribution in [3.05, 3.63) is 0 Å². The summed E-state index contributed by atoms with van der Waals surface area (Å²) < 4.78 is 0. The molecular formula is C6H11NO4. The van der Waals surface area contributed by atoms with Gasteiger partial charge in [0.1, 0.15) is 18.4 Å². The number of aliphatic hydroxyl groups is 1. The molecule has 0 aliphatic rings. The van der Waals surface area contributed by atoms with Crippen molar-refractivity contribution in [3.8, 4) is 0 Å². The number of aliphatic carboxylic acids is 1. The molecule has 0 bridgehead atoms. The fourth-order valence-corrected chi connectivity index (χ4v) is 0.542. The van der Waals surface area contributed by atoms with Crippen molar-refractivity contribution in [2.24, 2.45) is 5.73 Å². The van der Waals surface area contributed by atoms with Crippen LogP contribution in [0.25, 0.3) is 0 Å². The fourth-order valence-electron chi connectivity index (χ4n) is 0.542. The largest absolute Gasteiger partial charge is 0.480 e. The predicted octanol–water partition coefficient (Wildman–Crippen LogP) is -1.26. The molecule has 11 heavy (non-hydrogen) atoms. The maximum Gasteiger partial charge on any atom is 0.320 e. The lowest BCUT2D eigenvalue weighted by Gasteiger charge is -2.06. The number of carboxylic acid groups (broad SMARTS) is 1. The van der Waals surface area contributed by atoms with Gasteiger partial charge in [-0.25, -0.2) is 0 Å². The van der Waals surface area contributed by atoms with Crippen LogP contribution in [0, 0.1) is 0 Å². The van der Waals surface area contributed by atoms with Crippen LogP contribution >= 0.6 is 0 Å². The summed E-state index contributed by atoms with van der Waals surface area (Å²) in [6.45, 7) is 0. The maximum atomic E-state index is 10.1. The van der Waals surface area contributed by atoms with Gasteiger partial charge in [-0.15, -0.1) is 0 Å². The fraction of sp³-hybridized carbons (Fsp3) is 0.667. The van der Waals surface area contributed by atoms with Crippen molar-refractivity contribution in [3.63, 3.8) is 0 Å². The van der Waals surface area contributed by atoms with Gasteiger partial charge in [-0.3, -0.25) is 4.79 Å². The molecule has 0 saturated heterocycles. The molecule has 5 nitrogen and oxygen atoms in total. The Morgan fingerprint density at radius 3 is 2.45 bits per heavy atom. The van der Waals surface area contributed by atoms with E-state index in [1.807, 2.05) is 0 Å². The van der Waals surface area contributed by atoms with Crippen LogP contribution in [0.15, 0.2) is 0 Å². The van der Waals surface area contributed by atoms with Gasteiger partial charge in [0.25, 0.3) is 0 Å². The molecule has 0 spiro atoms. The molecule has 2 atom stereocenters. The summed E-state index contributed by atoms with van der Waals surface area (Å²) in [4.78, 5) is 20.0. The van der Waals surface area contributed by atoms with Gasteiger partial charge in [0.15, 0.2) is 0 Å². The Morgan fingerprint density at radius 1 is 1.55 bits per heavy atom. The molecule has 0 saturated carbocycles. The average molecular weight is 161 g/mol. The summed E-state index contributed by atoms with van der Waals surface area (Å²) in [5.74, 6) is -1.12. The molecule has 0 amide bonds. The van der Waals surface area contributed by atoms with Crippen LogP contribution in [0.3, 0.4) is 0 Å². The minimum Gasteiger partial charge on any atom is -0.480 e. The number of nitrogens with two attached hydrogens (primary N) is 1. The first kappa shape index (κ1) is 10.1. The summed E-state index contributed by atoms with van der Waals surface area (Å²) in [5, 5.41) is 16.9. The lowest BCUT2D eigenvalue weighted by molar-refractivity contribution is -0.139. The second kappa shape index (κ2) is 4.81. The van der Waals surface area contributed by atoms with E-state index >= 15 is 0 Å². The van der Waals surface area contributed by atoms with Crippen LogP contribution in [0.1, 0.15) is 12.8 Å². The zero-order chi connectivity index (χ0) is 8.85. The highest BCUT2D eigenvalue weighted by Crippen LogP contribution is 1.97. The standard InChI is InChI=1S/C6H11NO4/c7-5(6(10)11)2-1-4(9)3-8/h3-5,9H,1-2,7H2,(H,10,11)/t4-,5+/m1/s1. The van der Waals surface area contributed by atoms with Crippen LogP contribution < -0.4 is 5.73 Å². The lowest BCUT2D eigenvalue weighted by Crippen LogP contribution is -2.31. The van der Waals surface area contributed by atoms with E-state index < -0.39 is 18.1 Å². The minimum atomic E-state index is -1.12. The van der Waals surface area contributed by atoms with Crippen molar-refractivity contribution in [2.45, 2.75) is 25.0 Å². The molecule has 5 heteroatoms. The van der Waals surface area contributed by atoms with Crippen LogP contribution in [-0.4, -0.2) is 34.6 Å². The summed E-state index contributed by atoms with van der Waals surface area (Å²) in [5.41, 5.74) is 5.09. The van der Waals surface area contributed by atoms with E-state index in [4.69, 9.17) is 15.9 Å². The molecule has 0 radical (unpaired) electrons. The third-order valence-corrected chi connectivity index (χ3v) is 1.25. The second-order valence-corrected chi connectivity index (χ2v) is 2.23. The zero-order valence-electron chi connectivity index (χ0n) is 5.93. The molecule has 0 aliphatic heterocycles. The van der Waals surface area contributed by atoms with Crippen molar-refractivity contribution >= 4 is 12.3 Å². The highest BCUT2D eigenvalue weighted by molar-refractivity contribution is 5.73. The molecule has 0 aliphatic carbocycles. The SMILES string of the molecule is N[C@@H](CC[C@@H](O)C=O)C(=O)O. The average Bonchev–Trinajstić information content (AvgIpc) is 1.99. The van der Waals surface area contributed by atoms with E-state index in [0.717, 1.165) is 0 Å². The number of carboxylic acids is 1. The summed E-state index contributed by atoms with van der Waals surface area (Å²) >= 11 is 0. The minimum absolute atomic E-state index is 0.0942. The topological polar surface area (TPSA) is 101 Å². The maximum absolute atomic E-state index is 10.1. The van der Waals surface area contributed by atoms with Crippen LogP contribution in [0.5, 0.6) is 0 Å². The highest BCUT2D eigenvalue weighted by atomic mass is 16.4. The Bertz CT molecular complexity index is 148. The smallest absolute Gasteiger partial charge is 0.320 e. The van der Waals surface area contributed by atoms with Crippen molar-refractivity contribution < 1.29 is 19.8 Å². The third-order valence-electron chi connectivity index (χ3n) is 1.25. The number of hydrogen-bond acceptors (Lipinski definition) is 4. The van der Waals surface area contributed by atoms with E-state index in [1.54, 1.807) is 0 Å². The summed E-state index contributed by atoms with van der Waals surface area (Å²) in [7, 11) is 0. The van der Waals surface area contributed by atoms with Gasteiger partial charge in [-0.05, 0) is 12.8 Å². The molecular weight excluding hydrogens is 150 g/mol. The molecule has 0 rings (SSSR count). The Labute approximate surface area is 63.8 Å². The Morgan fingerprint density at radius 2 is 2.09 bits per heavy atom. The van der Waals surface area contributed by atoms with Crippen molar-refractivity contribution in [1.29, 1.82) is 0 Å². The molecule has 0 aromatic rings. The first-order chi connectivity index (χ1) is 5.07. The molecule has 0 unspecified atom stereocenters. The van der Waals surface area contributed by atoms with Gasteiger partial charge >= 0.3 is 5.97 Å². The lowest BCUT2D eigenvalue weighted by atomic mass is 10.1. The first-order valence-electron chi connectivity index (χ1n) is 3.19. The Balaban J connectivity index is 3.53. The van der Waals surface area contributed by atoms with E-state index in [9.17, 15) is 9.59 Å². The quantitative estimate of drug-likeness (QED) is 0.437. The Hall–Kier alpha value is -0.940. The molecule has 0 heterocycles. The van der Waals surface area contributed by atoms with Crippen molar-refractivity contribution in [1.82, 2.24) is 0 Å².